The third kappa shape index (κ3) is 2.83. The van der Waals surface area contributed by atoms with E-state index < -0.39 is 0 Å². The van der Waals surface area contributed by atoms with Crippen LogP contribution in [0.3, 0.4) is 0 Å². The molecular weight excluding hydrogens is 227 g/mol. The number of nitrogens with one attached hydrogen (secondary N) is 1. The van der Waals surface area contributed by atoms with Crippen molar-refractivity contribution in [2.24, 2.45) is 11.7 Å². The molecule has 0 atom stereocenters. The van der Waals surface area contributed by atoms with E-state index in [9.17, 15) is 4.39 Å². The number of benzene rings is 1. The van der Waals surface area contributed by atoms with Gasteiger partial charge in [-0.1, -0.05) is 25.5 Å². The molecule has 3 heteroatoms. The minimum Gasteiger partial charge on any atom is -0.376 e. The molecule has 1 aromatic carbocycles. The fourth-order valence-electron chi connectivity index (χ4n) is 2.87. The Balaban J connectivity index is 2.08. The molecule has 0 radical (unpaired) electrons. The van der Waals surface area contributed by atoms with Crippen LogP contribution in [0, 0.1) is 11.7 Å². The molecule has 0 unspecified atom stereocenters. The molecule has 0 amide bonds. The van der Waals surface area contributed by atoms with Gasteiger partial charge >= 0.3 is 0 Å². The Kier molecular flexibility index (Phi) is 4.23. The quantitative estimate of drug-likeness (QED) is 0.857. The zero-order chi connectivity index (χ0) is 13.0. The summed E-state index contributed by atoms with van der Waals surface area (Å²) >= 11 is 0. The average Bonchev–Trinajstić information content (AvgIpc) is 2.42. The minimum atomic E-state index is -0.192. The molecule has 18 heavy (non-hydrogen) atoms. The van der Waals surface area contributed by atoms with Crippen LogP contribution in [0.15, 0.2) is 24.3 Å². The first-order valence-corrected chi connectivity index (χ1v) is 6.92. The van der Waals surface area contributed by atoms with Gasteiger partial charge in [0, 0.05) is 12.1 Å². The van der Waals surface area contributed by atoms with Gasteiger partial charge in [0.1, 0.15) is 5.82 Å². The summed E-state index contributed by atoms with van der Waals surface area (Å²) in [6.45, 7) is 2.81. The Morgan fingerprint density at radius 2 is 2.00 bits per heavy atom. The predicted molar refractivity (Wildman–Crippen MR) is 74.1 cm³/mol. The molecule has 1 aliphatic carbocycles. The van der Waals surface area contributed by atoms with E-state index in [4.69, 9.17) is 5.73 Å². The molecule has 1 aromatic rings. The van der Waals surface area contributed by atoms with E-state index in [1.54, 1.807) is 12.1 Å². The molecule has 0 aromatic heterocycles. The summed E-state index contributed by atoms with van der Waals surface area (Å²) in [7, 11) is 0. The van der Waals surface area contributed by atoms with Gasteiger partial charge in [0.25, 0.3) is 0 Å². The Bertz CT molecular complexity index is 384. The zero-order valence-electron chi connectivity index (χ0n) is 11.1. The Hall–Kier alpha value is -1.09. The van der Waals surface area contributed by atoms with Crippen molar-refractivity contribution in [3.05, 3.63) is 30.1 Å². The molecule has 1 saturated carbocycles. The first kappa shape index (κ1) is 13.3. The van der Waals surface area contributed by atoms with Crippen LogP contribution in [0.2, 0.25) is 0 Å². The first-order valence-electron chi connectivity index (χ1n) is 6.92. The smallest absolute Gasteiger partial charge is 0.146 e. The topological polar surface area (TPSA) is 38.0 Å². The Labute approximate surface area is 109 Å². The maximum Gasteiger partial charge on any atom is 0.146 e. The highest BCUT2D eigenvalue weighted by molar-refractivity contribution is 5.47. The maximum absolute atomic E-state index is 13.7. The third-order valence-electron chi connectivity index (χ3n) is 4.30. The van der Waals surface area contributed by atoms with Gasteiger partial charge in [0.2, 0.25) is 0 Å². The molecule has 3 N–H and O–H groups in total. The number of hydrogen-bond acceptors (Lipinski definition) is 2. The molecule has 2 rings (SSSR count). The fraction of sp³-hybridized carbons (Fsp3) is 0.600. The number of nitrogens with two attached hydrogens (primary N) is 1. The van der Waals surface area contributed by atoms with Gasteiger partial charge in [0.15, 0.2) is 0 Å². The lowest BCUT2D eigenvalue weighted by molar-refractivity contribution is 0.253. The van der Waals surface area contributed by atoms with Crippen LogP contribution in [0.5, 0.6) is 0 Å². The summed E-state index contributed by atoms with van der Waals surface area (Å²) < 4.78 is 13.7. The molecule has 2 nitrogen and oxygen atoms in total. The fourth-order valence-corrected chi connectivity index (χ4v) is 2.87. The van der Waals surface area contributed by atoms with Crippen LogP contribution >= 0.6 is 0 Å². The van der Waals surface area contributed by atoms with E-state index in [2.05, 4.69) is 12.2 Å². The van der Waals surface area contributed by atoms with Crippen LogP contribution in [0.25, 0.3) is 0 Å². The van der Waals surface area contributed by atoms with Crippen molar-refractivity contribution in [2.45, 2.75) is 44.6 Å². The minimum absolute atomic E-state index is 0.117. The lowest BCUT2D eigenvalue weighted by Crippen LogP contribution is -2.48. The second kappa shape index (κ2) is 5.70. The molecule has 0 spiro atoms. The summed E-state index contributed by atoms with van der Waals surface area (Å²) in [5.41, 5.74) is 6.40. The van der Waals surface area contributed by atoms with Crippen molar-refractivity contribution in [2.75, 3.05) is 11.9 Å². The molecule has 0 bridgehead atoms. The van der Waals surface area contributed by atoms with E-state index in [1.807, 2.05) is 6.07 Å². The molecule has 0 heterocycles. The van der Waals surface area contributed by atoms with E-state index in [0.717, 1.165) is 18.8 Å². The van der Waals surface area contributed by atoms with Crippen molar-refractivity contribution in [3.63, 3.8) is 0 Å². The van der Waals surface area contributed by atoms with Gasteiger partial charge in [-0.05, 0) is 43.7 Å². The second-order valence-electron chi connectivity index (χ2n) is 5.44. The number of para-hydroxylation sites is 1. The SMILES string of the molecule is CCC1CCC(CN)(Nc2ccccc2F)CC1. The van der Waals surface area contributed by atoms with Crippen LogP contribution in [-0.4, -0.2) is 12.1 Å². The van der Waals surface area contributed by atoms with Crippen molar-refractivity contribution < 1.29 is 4.39 Å². The zero-order valence-corrected chi connectivity index (χ0v) is 11.1. The molecule has 0 aliphatic heterocycles. The van der Waals surface area contributed by atoms with Gasteiger partial charge in [-0.3, -0.25) is 0 Å². The van der Waals surface area contributed by atoms with E-state index in [1.165, 1.54) is 25.3 Å². The predicted octanol–water partition coefficient (Wildman–Crippen LogP) is 3.54. The largest absolute Gasteiger partial charge is 0.376 e. The average molecular weight is 250 g/mol. The molecule has 0 saturated heterocycles. The van der Waals surface area contributed by atoms with Gasteiger partial charge in [0.05, 0.1) is 5.69 Å². The maximum atomic E-state index is 13.7. The monoisotopic (exact) mass is 250 g/mol. The normalized spacial score (nSPS) is 28.1. The van der Waals surface area contributed by atoms with E-state index in [-0.39, 0.29) is 11.4 Å². The standard InChI is InChI=1S/C15H23FN2/c1-2-12-7-9-15(11-17,10-8-12)18-14-6-4-3-5-13(14)16/h3-6,12,18H,2,7-11,17H2,1H3. The van der Waals surface area contributed by atoms with Crippen molar-refractivity contribution >= 4 is 5.69 Å². The van der Waals surface area contributed by atoms with Gasteiger partial charge in [-0.15, -0.1) is 0 Å². The summed E-state index contributed by atoms with van der Waals surface area (Å²) in [6.07, 6.45) is 5.69. The number of hydrogen-bond donors (Lipinski definition) is 2. The summed E-state index contributed by atoms with van der Waals surface area (Å²) in [4.78, 5) is 0. The van der Waals surface area contributed by atoms with E-state index >= 15 is 0 Å². The lowest BCUT2D eigenvalue weighted by atomic mass is 9.75. The number of rotatable bonds is 4. The van der Waals surface area contributed by atoms with Crippen molar-refractivity contribution in [3.8, 4) is 0 Å². The summed E-state index contributed by atoms with van der Waals surface area (Å²) in [6, 6.07) is 6.85. The highest BCUT2D eigenvalue weighted by Gasteiger charge is 2.33. The second-order valence-corrected chi connectivity index (χ2v) is 5.44. The summed E-state index contributed by atoms with van der Waals surface area (Å²) in [5, 5.41) is 3.36. The first-order chi connectivity index (χ1) is 8.69. The highest BCUT2D eigenvalue weighted by atomic mass is 19.1. The molecule has 100 valence electrons. The van der Waals surface area contributed by atoms with Gasteiger partial charge < -0.3 is 11.1 Å². The molecule has 1 aliphatic rings. The van der Waals surface area contributed by atoms with Crippen LogP contribution < -0.4 is 11.1 Å². The van der Waals surface area contributed by atoms with Crippen LogP contribution in [0.1, 0.15) is 39.0 Å². The van der Waals surface area contributed by atoms with Crippen LogP contribution in [-0.2, 0) is 0 Å². The Morgan fingerprint density at radius 3 is 2.56 bits per heavy atom. The van der Waals surface area contributed by atoms with Crippen LogP contribution in [0.4, 0.5) is 10.1 Å². The van der Waals surface area contributed by atoms with E-state index in [0.29, 0.717) is 12.2 Å². The number of halogens is 1. The molecule has 1 fully saturated rings. The van der Waals surface area contributed by atoms with Gasteiger partial charge in [-0.25, -0.2) is 4.39 Å². The highest BCUT2D eigenvalue weighted by Crippen LogP contribution is 2.35. The Morgan fingerprint density at radius 1 is 1.33 bits per heavy atom. The van der Waals surface area contributed by atoms with Crippen molar-refractivity contribution in [1.29, 1.82) is 0 Å². The van der Waals surface area contributed by atoms with Crippen molar-refractivity contribution in [1.82, 2.24) is 0 Å². The molecular formula is C15H23FN2. The summed E-state index contributed by atoms with van der Waals surface area (Å²) in [5.74, 6) is 0.620. The third-order valence-corrected chi connectivity index (χ3v) is 4.30. The number of anilines is 1. The lowest BCUT2D eigenvalue weighted by Gasteiger charge is -2.40. The van der Waals surface area contributed by atoms with Gasteiger partial charge in [-0.2, -0.15) is 0 Å².